The van der Waals surface area contributed by atoms with Gasteiger partial charge in [-0.15, -0.1) is 5.10 Å². The zero-order valence-corrected chi connectivity index (χ0v) is 26.8. The molecule has 1 heterocycles. The zero-order valence-electron chi connectivity index (χ0n) is 25.4. The third-order valence-electron chi connectivity index (χ3n) is 4.90. The number of rotatable bonds is 24. The van der Waals surface area contributed by atoms with E-state index in [4.69, 9.17) is 23.7 Å². The van der Waals surface area contributed by atoms with E-state index in [2.05, 4.69) is 24.2 Å². The van der Waals surface area contributed by atoms with Crippen LogP contribution >= 0.6 is 0 Å². The summed E-state index contributed by atoms with van der Waals surface area (Å²) in [5.74, 6) is 0.902. The van der Waals surface area contributed by atoms with Gasteiger partial charge in [-0.25, -0.2) is 0 Å². The van der Waals surface area contributed by atoms with Crippen molar-refractivity contribution in [1.82, 2.24) is 15.0 Å². The van der Waals surface area contributed by atoms with Crippen molar-refractivity contribution in [2.75, 3.05) is 59.5 Å². The molecule has 1 aromatic heterocycles. The number of hydrogen-bond donors (Lipinski definition) is 0. The van der Waals surface area contributed by atoms with Gasteiger partial charge >= 0.3 is 0 Å². The van der Waals surface area contributed by atoms with E-state index in [9.17, 15) is 4.79 Å². The summed E-state index contributed by atoms with van der Waals surface area (Å²) >= 11 is 0. The van der Waals surface area contributed by atoms with Crippen LogP contribution in [0.5, 0.6) is 0 Å². The van der Waals surface area contributed by atoms with E-state index < -0.39 is 0 Å². The normalized spacial score (nSPS) is 10.3. The second-order valence-corrected chi connectivity index (χ2v) is 8.40. The van der Waals surface area contributed by atoms with Crippen LogP contribution < -0.4 is 0 Å². The molecule has 1 aromatic rings. The van der Waals surface area contributed by atoms with Gasteiger partial charge in [-0.3, -0.25) is 9.48 Å². The molecule has 0 atom stereocenters. The molecule has 225 valence electrons. The van der Waals surface area contributed by atoms with Crippen LogP contribution in [-0.2, 0) is 60.2 Å². The number of Topliss-reactive ketones (excluding diaryl/α,β-unsaturated/α-hetero) is 1. The summed E-state index contributed by atoms with van der Waals surface area (Å²) in [6.45, 7) is 19.8. The number of aromatic nitrogens is 3. The molecule has 1 radical (unpaired) electrons. The first-order valence-electron chi connectivity index (χ1n) is 14.4. The molecule has 0 aliphatic heterocycles. The monoisotopic (exact) mass is 582 g/mol. The molecule has 0 spiro atoms. The van der Waals surface area contributed by atoms with Crippen molar-refractivity contribution in [1.29, 1.82) is 0 Å². The zero-order chi connectivity index (χ0) is 28.0. The maximum atomic E-state index is 11.1. The summed E-state index contributed by atoms with van der Waals surface area (Å²) in [5, 5.41) is 8.32. The third kappa shape index (κ3) is 29.7. The fraction of sp³-hybridized carbons (Fsp3) is 0.893. The van der Waals surface area contributed by atoms with E-state index >= 15 is 0 Å². The van der Waals surface area contributed by atoms with Crippen LogP contribution in [0.2, 0.25) is 0 Å². The van der Waals surface area contributed by atoms with Gasteiger partial charge in [0.25, 0.3) is 0 Å². The van der Waals surface area contributed by atoms with Crippen molar-refractivity contribution in [3.63, 3.8) is 0 Å². The number of nitrogens with zero attached hydrogens (tertiary/aromatic N) is 3. The number of aryl methyl sites for hydroxylation is 1. The molecule has 0 saturated carbocycles. The molecule has 0 aliphatic carbocycles. The topological polar surface area (TPSA) is 93.9 Å². The SMILES string of the molecule is CC.CC.CCC(=O)COCCOCCOCCOCCOCc1cn(CCCCCCC(C)C)nn1.[V]. The van der Waals surface area contributed by atoms with Gasteiger partial charge in [0.2, 0.25) is 0 Å². The van der Waals surface area contributed by atoms with Gasteiger partial charge < -0.3 is 23.7 Å². The Hall–Kier alpha value is -0.806. The smallest absolute Gasteiger partial charge is 0.158 e. The van der Waals surface area contributed by atoms with Crippen molar-refractivity contribution in [2.24, 2.45) is 5.92 Å². The van der Waals surface area contributed by atoms with Crippen molar-refractivity contribution < 1.29 is 47.0 Å². The first kappa shape index (κ1) is 41.7. The summed E-state index contributed by atoms with van der Waals surface area (Å²) in [7, 11) is 0. The summed E-state index contributed by atoms with van der Waals surface area (Å²) in [5.41, 5.74) is 0.848. The standard InChI is InChI=1S/C24H45N3O6.2C2H6.V/c1-4-24(28)21-33-18-16-31-14-12-29-11-13-30-15-17-32-20-23-19-27(26-25-23)10-8-6-5-7-9-22(2)3;2*1-2;/h19,22H,4-18,20-21H2,1-3H3;2*1-2H3;. The van der Waals surface area contributed by atoms with E-state index in [1.54, 1.807) is 0 Å². The number of ketones is 1. The van der Waals surface area contributed by atoms with Crippen LogP contribution in [0.1, 0.15) is 92.7 Å². The van der Waals surface area contributed by atoms with Crippen molar-refractivity contribution >= 4 is 5.78 Å². The van der Waals surface area contributed by atoms with Gasteiger partial charge in [-0.1, -0.05) is 79.4 Å². The number of carbonyl (C=O) groups excluding carboxylic acids is 1. The number of unbranched alkanes of at least 4 members (excludes halogenated alkanes) is 3. The Balaban J connectivity index is -0.00000233. The minimum Gasteiger partial charge on any atom is -0.377 e. The van der Waals surface area contributed by atoms with E-state index in [0.29, 0.717) is 65.9 Å². The van der Waals surface area contributed by atoms with Crippen molar-refractivity contribution in [2.45, 2.75) is 100 Å². The average Bonchev–Trinajstić information content (AvgIpc) is 3.37. The molecule has 0 N–H and O–H groups in total. The predicted octanol–water partition coefficient (Wildman–Crippen LogP) is 5.50. The van der Waals surface area contributed by atoms with Crippen LogP contribution in [0.25, 0.3) is 0 Å². The molecule has 38 heavy (non-hydrogen) atoms. The minimum atomic E-state index is 0. The maximum absolute atomic E-state index is 11.1. The Morgan fingerprint density at radius 2 is 1.29 bits per heavy atom. The molecule has 0 saturated heterocycles. The van der Waals surface area contributed by atoms with Crippen LogP contribution in [-0.4, -0.2) is 80.2 Å². The molecule has 1 rings (SSSR count). The van der Waals surface area contributed by atoms with Crippen LogP contribution in [0, 0.1) is 5.92 Å². The largest absolute Gasteiger partial charge is 0.377 e. The summed E-state index contributed by atoms with van der Waals surface area (Å²) < 4.78 is 29.0. The van der Waals surface area contributed by atoms with Crippen LogP contribution in [0.4, 0.5) is 0 Å². The summed E-state index contributed by atoms with van der Waals surface area (Å²) in [6, 6.07) is 0. The van der Waals surface area contributed by atoms with E-state index in [0.717, 1.165) is 24.6 Å². The molecular formula is C28H57N3O6V. The molecule has 9 nitrogen and oxygen atoms in total. The number of hydrogen-bond acceptors (Lipinski definition) is 8. The second kappa shape index (κ2) is 34.2. The molecule has 0 amide bonds. The second-order valence-electron chi connectivity index (χ2n) is 8.40. The molecule has 0 unspecified atom stereocenters. The van der Waals surface area contributed by atoms with Crippen LogP contribution in [0.3, 0.4) is 0 Å². The first-order valence-corrected chi connectivity index (χ1v) is 14.4. The van der Waals surface area contributed by atoms with Gasteiger partial charge in [0.1, 0.15) is 12.3 Å². The van der Waals surface area contributed by atoms with Gasteiger partial charge in [0.15, 0.2) is 5.78 Å². The first-order chi connectivity index (χ1) is 18.1. The van der Waals surface area contributed by atoms with Crippen molar-refractivity contribution in [3.05, 3.63) is 11.9 Å². The molecule has 0 fully saturated rings. The molecule has 0 aliphatic rings. The Kier molecular flexibility index (Phi) is 37.5. The van der Waals surface area contributed by atoms with E-state index in [-0.39, 0.29) is 30.9 Å². The molecular weight excluding hydrogens is 525 g/mol. The fourth-order valence-electron chi connectivity index (χ4n) is 2.94. The van der Waals surface area contributed by atoms with Gasteiger partial charge in [0, 0.05) is 31.5 Å². The number of ether oxygens (including phenoxy) is 5. The molecule has 10 heteroatoms. The van der Waals surface area contributed by atoms with Crippen LogP contribution in [0.15, 0.2) is 6.20 Å². The Morgan fingerprint density at radius 3 is 1.82 bits per heavy atom. The average molecular weight is 583 g/mol. The van der Waals surface area contributed by atoms with E-state index in [1.165, 1.54) is 25.7 Å². The Labute approximate surface area is 244 Å². The predicted molar refractivity (Wildman–Crippen MR) is 149 cm³/mol. The Bertz CT molecular complexity index is 591. The van der Waals surface area contributed by atoms with Gasteiger partial charge in [0.05, 0.1) is 65.7 Å². The summed E-state index contributed by atoms with van der Waals surface area (Å²) in [4.78, 5) is 11.1. The third-order valence-corrected chi connectivity index (χ3v) is 4.90. The van der Waals surface area contributed by atoms with E-state index in [1.807, 2.05) is 45.5 Å². The fourth-order valence-corrected chi connectivity index (χ4v) is 2.94. The minimum absolute atomic E-state index is 0. The molecule has 0 bridgehead atoms. The van der Waals surface area contributed by atoms with Crippen molar-refractivity contribution in [3.8, 4) is 0 Å². The maximum Gasteiger partial charge on any atom is 0.158 e. The Morgan fingerprint density at radius 1 is 0.789 bits per heavy atom. The number of carbonyl (C=O) groups is 1. The molecule has 0 aromatic carbocycles. The summed E-state index contributed by atoms with van der Waals surface area (Å²) in [6.07, 6.45) is 8.77. The van der Waals surface area contributed by atoms with Gasteiger partial charge in [-0.2, -0.15) is 0 Å². The quantitative estimate of drug-likeness (QED) is 0.148. The van der Waals surface area contributed by atoms with Gasteiger partial charge in [-0.05, 0) is 12.3 Å².